The number of carbonyl (C=O) groups is 1. The van der Waals surface area contributed by atoms with Crippen LogP contribution in [0.4, 0.5) is 11.6 Å². The van der Waals surface area contributed by atoms with E-state index in [4.69, 9.17) is 15.9 Å². The van der Waals surface area contributed by atoms with Gasteiger partial charge in [-0.2, -0.15) is 4.98 Å². The van der Waals surface area contributed by atoms with Crippen molar-refractivity contribution in [2.75, 3.05) is 18.5 Å². The molecule has 0 amide bonds. The van der Waals surface area contributed by atoms with Crippen LogP contribution >= 0.6 is 15.9 Å². The minimum Gasteiger partial charge on any atom is -0.464 e. The molecule has 6 nitrogen and oxygen atoms in total. The number of ether oxygens (including phenoxy) is 2. The molecule has 0 radical (unpaired) electrons. The van der Waals surface area contributed by atoms with Crippen LogP contribution in [0.25, 0.3) is 0 Å². The fraction of sp³-hybridized carbons (Fsp3) is 0.188. The van der Waals surface area contributed by atoms with Crippen molar-refractivity contribution >= 4 is 33.5 Å². The number of hydrogen-bond acceptors (Lipinski definition) is 6. The van der Waals surface area contributed by atoms with E-state index in [0.29, 0.717) is 28.2 Å². The van der Waals surface area contributed by atoms with Crippen molar-refractivity contribution in [3.05, 3.63) is 40.5 Å². The maximum atomic E-state index is 12.0. The first-order valence-corrected chi connectivity index (χ1v) is 7.57. The van der Waals surface area contributed by atoms with E-state index in [1.54, 1.807) is 31.2 Å². The number of carbonyl (C=O) groups excluding carboxylic acids is 1. The van der Waals surface area contributed by atoms with Crippen molar-refractivity contribution in [1.29, 1.82) is 0 Å². The lowest BCUT2D eigenvalue weighted by Gasteiger charge is -2.11. The van der Waals surface area contributed by atoms with E-state index in [1.165, 1.54) is 6.20 Å². The normalized spacial score (nSPS) is 9.78. The molecule has 0 saturated carbocycles. The number of nitrogens with one attached hydrogen (secondary N) is 1. The second-order valence-electron chi connectivity index (χ2n) is 4.23. The first-order chi connectivity index (χ1) is 11.2. The maximum Gasteiger partial charge on any atom is 0.340 e. The molecule has 0 aliphatic carbocycles. The average molecular weight is 376 g/mol. The number of benzene rings is 1. The Morgan fingerprint density at radius 1 is 1.43 bits per heavy atom. The van der Waals surface area contributed by atoms with Gasteiger partial charge < -0.3 is 14.8 Å². The number of rotatable bonds is 6. The van der Waals surface area contributed by atoms with Crippen LogP contribution in [-0.2, 0) is 4.74 Å². The minimum absolute atomic E-state index is 0.0917. The van der Waals surface area contributed by atoms with E-state index >= 15 is 0 Å². The predicted molar refractivity (Wildman–Crippen MR) is 89.7 cm³/mol. The lowest BCUT2D eigenvalue weighted by atomic mass is 10.2. The van der Waals surface area contributed by atoms with Gasteiger partial charge in [0.15, 0.2) is 6.61 Å². The second-order valence-corrected chi connectivity index (χ2v) is 5.08. The highest BCUT2D eigenvalue weighted by Crippen LogP contribution is 2.25. The van der Waals surface area contributed by atoms with Crippen LogP contribution in [0.3, 0.4) is 0 Å². The highest BCUT2D eigenvalue weighted by Gasteiger charge is 2.13. The third-order valence-electron chi connectivity index (χ3n) is 2.67. The summed E-state index contributed by atoms with van der Waals surface area (Å²) in [5.41, 5.74) is 0.933. The summed E-state index contributed by atoms with van der Waals surface area (Å²) in [7, 11) is 0. The van der Waals surface area contributed by atoms with Crippen LogP contribution in [0.2, 0.25) is 0 Å². The van der Waals surface area contributed by atoms with Crippen molar-refractivity contribution < 1.29 is 14.3 Å². The van der Waals surface area contributed by atoms with Crippen LogP contribution in [0.5, 0.6) is 5.88 Å². The topological polar surface area (TPSA) is 73.3 Å². The fourth-order valence-corrected chi connectivity index (χ4v) is 2.03. The third-order valence-corrected chi connectivity index (χ3v) is 3.22. The van der Waals surface area contributed by atoms with Crippen molar-refractivity contribution in [1.82, 2.24) is 9.97 Å². The predicted octanol–water partition coefficient (Wildman–Crippen LogP) is 3.17. The Hall–Kier alpha value is -2.59. The van der Waals surface area contributed by atoms with Crippen molar-refractivity contribution in [2.24, 2.45) is 0 Å². The fourth-order valence-electron chi connectivity index (χ4n) is 1.72. The van der Waals surface area contributed by atoms with Gasteiger partial charge in [0.25, 0.3) is 0 Å². The molecule has 23 heavy (non-hydrogen) atoms. The van der Waals surface area contributed by atoms with Gasteiger partial charge in [-0.25, -0.2) is 9.78 Å². The van der Waals surface area contributed by atoms with E-state index in [0.717, 1.165) is 0 Å². The zero-order chi connectivity index (χ0) is 16.7. The number of esters is 1. The van der Waals surface area contributed by atoms with E-state index in [1.807, 2.05) is 0 Å². The smallest absolute Gasteiger partial charge is 0.340 e. The van der Waals surface area contributed by atoms with Gasteiger partial charge in [0.05, 0.1) is 28.5 Å². The molecule has 0 saturated heterocycles. The summed E-state index contributed by atoms with van der Waals surface area (Å²) in [6.07, 6.45) is 6.70. The summed E-state index contributed by atoms with van der Waals surface area (Å²) < 4.78 is 10.9. The standard InChI is InChI=1S/C16H14BrN3O3/c1-3-9-23-14-12(17)10-18-16(20-14)19-13-8-6-5-7-11(13)15(21)22-4-2/h1,5-8,10H,4,9H2,2H3,(H,18,19,20). The van der Waals surface area contributed by atoms with Crippen LogP contribution < -0.4 is 10.1 Å². The number of hydrogen-bond donors (Lipinski definition) is 1. The molecule has 1 aromatic heterocycles. The van der Waals surface area contributed by atoms with E-state index < -0.39 is 5.97 Å². The Kier molecular flexibility index (Phi) is 5.94. The Labute approximate surface area is 142 Å². The molecular formula is C16H14BrN3O3. The molecule has 1 aromatic carbocycles. The molecule has 0 unspecified atom stereocenters. The molecule has 0 aliphatic heterocycles. The lowest BCUT2D eigenvalue weighted by Crippen LogP contribution is -2.09. The highest BCUT2D eigenvalue weighted by molar-refractivity contribution is 9.10. The molecule has 118 valence electrons. The molecule has 7 heteroatoms. The van der Waals surface area contributed by atoms with E-state index in [9.17, 15) is 4.79 Å². The quantitative estimate of drug-likeness (QED) is 0.617. The van der Waals surface area contributed by atoms with Crippen LogP contribution in [0.15, 0.2) is 34.9 Å². The Balaban J connectivity index is 2.26. The largest absolute Gasteiger partial charge is 0.464 e. The van der Waals surface area contributed by atoms with Gasteiger partial charge in [0, 0.05) is 0 Å². The summed E-state index contributed by atoms with van der Waals surface area (Å²) in [5.74, 6) is 2.53. The van der Waals surface area contributed by atoms with E-state index in [-0.39, 0.29) is 12.6 Å². The van der Waals surface area contributed by atoms with Gasteiger partial charge in [-0.05, 0) is 35.0 Å². The SMILES string of the molecule is C#CCOc1nc(Nc2ccccc2C(=O)OCC)ncc1Br. The first-order valence-electron chi connectivity index (χ1n) is 6.77. The Bertz CT molecular complexity index is 744. The van der Waals surface area contributed by atoms with Gasteiger partial charge in [0.1, 0.15) is 0 Å². The summed E-state index contributed by atoms with van der Waals surface area (Å²) in [5, 5.41) is 2.98. The molecule has 0 atom stereocenters. The van der Waals surface area contributed by atoms with Crippen LogP contribution in [0.1, 0.15) is 17.3 Å². The van der Waals surface area contributed by atoms with Crippen LogP contribution in [0, 0.1) is 12.3 Å². The molecule has 2 rings (SSSR count). The number of nitrogens with zero attached hydrogens (tertiary/aromatic N) is 2. The zero-order valence-electron chi connectivity index (χ0n) is 12.4. The van der Waals surface area contributed by atoms with Crippen molar-refractivity contribution in [3.8, 4) is 18.2 Å². The Morgan fingerprint density at radius 2 is 2.22 bits per heavy atom. The van der Waals surface area contributed by atoms with E-state index in [2.05, 4.69) is 37.1 Å². The summed E-state index contributed by atoms with van der Waals surface area (Å²) in [6, 6.07) is 6.94. The molecule has 0 fully saturated rings. The number of anilines is 2. The average Bonchev–Trinajstić information content (AvgIpc) is 2.56. The minimum atomic E-state index is -0.420. The van der Waals surface area contributed by atoms with Gasteiger partial charge >= 0.3 is 5.97 Å². The molecule has 2 aromatic rings. The summed E-state index contributed by atoms with van der Waals surface area (Å²) in [6.45, 7) is 2.14. The monoisotopic (exact) mass is 375 g/mol. The molecule has 0 spiro atoms. The molecule has 0 aliphatic rings. The van der Waals surface area contributed by atoms with Gasteiger partial charge in [0.2, 0.25) is 11.8 Å². The maximum absolute atomic E-state index is 12.0. The van der Waals surface area contributed by atoms with Gasteiger partial charge in [-0.3, -0.25) is 0 Å². The second kappa shape index (κ2) is 8.15. The third kappa shape index (κ3) is 4.44. The van der Waals surface area contributed by atoms with Gasteiger partial charge in [-0.1, -0.05) is 18.1 Å². The number of para-hydroxylation sites is 1. The molecule has 1 heterocycles. The zero-order valence-corrected chi connectivity index (χ0v) is 14.0. The first kappa shape index (κ1) is 16.8. The van der Waals surface area contributed by atoms with Crippen molar-refractivity contribution in [3.63, 3.8) is 0 Å². The summed E-state index contributed by atoms with van der Waals surface area (Å²) in [4.78, 5) is 20.3. The molecular weight excluding hydrogens is 362 g/mol. The Morgan fingerprint density at radius 3 is 2.96 bits per heavy atom. The number of aromatic nitrogens is 2. The molecule has 0 bridgehead atoms. The molecule has 1 N–H and O–H groups in total. The lowest BCUT2D eigenvalue weighted by molar-refractivity contribution is 0.0527. The summed E-state index contributed by atoms with van der Waals surface area (Å²) >= 11 is 3.28. The number of terminal acetylenes is 1. The number of halogens is 1. The highest BCUT2D eigenvalue weighted by atomic mass is 79.9. The van der Waals surface area contributed by atoms with Gasteiger partial charge in [-0.15, -0.1) is 6.42 Å². The van der Waals surface area contributed by atoms with Crippen LogP contribution in [-0.4, -0.2) is 29.2 Å². The van der Waals surface area contributed by atoms with Crippen molar-refractivity contribution in [2.45, 2.75) is 6.92 Å².